The molecule has 1 atom stereocenters. The van der Waals surface area contributed by atoms with Crippen LogP contribution in [-0.4, -0.2) is 51.0 Å². The molecule has 0 aliphatic carbocycles. The molecule has 0 bridgehead atoms. The van der Waals surface area contributed by atoms with Crippen molar-refractivity contribution in [3.05, 3.63) is 35.9 Å². The molecule has 26 heavy (non-hydrogen) atoms. The molecule has 4 nitrogen and oxygen atoms in total. The number of alkyl halides is 3. The number of nitrogens with zero attached hydrogens (tertiary/aromatic N) is 1. The highest BCUT2D eigenvalue weighted by Gasteiger charge is 2.34. The fraction of sp³-hybridized carbons (Fsp3) is 0.579. The minimum Gasteiger partial charge on any atom is -0.493 e. The van der Waals surface area contributed by atoms with Gasteiger partial charge in [0.25, 0.3) is 0 Å². The van der Waals surface area contributed by atoms with Gasteiger partial charge in [0.05, 0.1) is 13.7 Å². The predicted molar refractivity (Wildman–Crippen MR) is 95.6 cm³/mol. The summed E-state index contributed by atoms with van der Waals surface area (Å²) in [5, 5.41) is 3.33. The third-order valence-corrected chi connectivity index (χ3v) is 4.24. The summed E-state index contributed by atoms with van der Waals surface area (Å²) in [6.45, 7) is 7.64. The van der Waals surface area contributed by atoms with Crippen molar-refractivity contribution in [1.82, 2.24) is 10.2 Å². The van der Waals surface area contributed by atoms with Crippen LogP contribution in [0.1, 0.15) is 18.9 Å². The first-order valence-corrected chi connectivity index (χ1v) is 8.70. The number of ether oxygens (including phenoxy) is 2. The minimum atomic E-state index is -4.12. The van der Waals surface area contributed by atoms with Gasteiger partial charge >= 0.3 is 6.18 Å². The van der Waals surface area contributed by atoms with Crippen LogP contribution in [0.3, 0.4) is 0 Å². The molecule has 1 aliphatic heterocycles. The maximum atomic E-state index is 12.4. The van der Waals surface area contributed by atoms with Crippen molar-refractivity contribution < 1.29 is 22.6 Å². The zero-order chi connectivity index (χ0) is 19.2. The average Bonchev–Trinajstić information content (AvgIpc) is 2.98. The fourth-order valence-electron chi connectivity index (χ4n) is 3.04. The highest BCUT2D eigenvalue weighted by Crippen LogP contribution is 2.28. The molecular weight excluding hydrogens is 345 g/mol. The molecule has 146 valence electrons. The van der Waals surface area contributed by atoms with Gasteiger partial charge in [0.1, 0.15) is 6.61 Å². The molecule has 1 aromatic rings. The molecule has 1 N–H and O–H groups in total. The number of nitrogens with one attached hydrogen (secondary N) is 1. The van der Waals surface area contributed by atoms with Crippen LogP contribution in [0.5, 0.6) is 11.5 Å². The van der Waals surface area contributed by atoms with Gasteiger partial charge in [0.2, 0.25) is 0 Å². The second kappa shape index (κ2) is 9.28. The number of hydrogen-bond acceptors (Lipinski definition) is 4. The van der Waals surface area contributed by atoms with E-state index in [0.717, 1.165) is 17.6 Å². The van der Waals surface area contributed by atoms with Crippen molar-refractivity contribution in [3.63, 3.8) is 0 Å². The quantitative estimate of drug-likeness (QED) is 0.672. The Morgan fingerprint density at radius 2 is 2.12 bits per heavy atom. The minimum absolute atomic E-state index is 0.245. The summed E-state index contributed by atoms with van der Waals surface area (Å²) >= 11 is 0. The Morgan fingerprint density at radius 3 is 2.77 bits per heavy atom. The zero-order valence-corrected chi connectivity index (χ0v) is 15.4. The lowest BCUT2D eigenvalue weighted by Gasteiger charge is -2.18. The first kappa shape index (κ1) is 20.6. The number of likely N-dealkylation sites (tertiary alicyclic amines) is 1. The molecule has 0 saturated carbocycles. The van der Waals surface area contributed by atoms with Gasteiger partial charge in [0.15, 0.2) is 11.5 Å². The Morgan fingerprint density at radius 1 is 1.35 bits per heavy atom. The van der Waals surface area contributed by atoms with Crippen molar-refractivity contribution in [2.75, 3.05) is 39.9 Å². The van der Waals surface area contributed by atoms with Crippen LogP contribution in [0.2, 0.25) is 0 Å². The maximum absolute atomic E-state index is 12.4. The number of methoxy groups -OCH3 is 1. The summed E-state index contributed by atoms with van der Waals surface area (Å²) in [6, 6.07) is 5.72. The molecule has 0 amide bonds. The molecule has 0 radical (unpaired) electrons. The molecule has 7 heteroatoms. The smallest absolute Gasteiger partial charge is 0.401 e. The SMILES string of the molecule is C=C(C)COc1cc(CNCC2CCN(CC(F)(F)F)C2)ccc1OC. The number of hydrogen-bond donors (Lipinski definition) is 1. The van der Waals surface area contributed by atoms with Crippen molar-refractivity contribution in [2.24, 2.45) is 5.92 Å². The first-order valence-electron chi connectivity index (χ1n) is 8.70. The van der Waals surface area contributed by atoms with Crippen molar-refractivity contribution in [2.45, 2.75) is 26.1 Å². The molecular formula is C19H27F3N2O2. The normalized spacial score (nSPS) is 18.1. The van der Waals surface area contributed by atoms with Gasteiger partial charge in [-0.15, -0.1) is 0 Å². The van der Waals surface area contributed by atoms with Crippen LogP contribution >= 0.6 is 0 Å². The lowest BCUT2D eigenvalue weighted by Crippen LogP contribution is -2.33. The topological polar surface area (TPSA) is 33.7 Å². The first-order chi connectivity index (χ1) is 12.3. The summed E-state index contributed by atoms with van der Waals surface area (Å²) < 4.78 is 48.3. The Labute approximate surface area is 153 Å². The van der Waals surface area contributed by atoms with E-state index in [2.05, 4.69) is 11.9 Å². The van der Waals surface area contributed by atoms with E-state index in [1.807, 2.05) is 25.1 Å². The van der Waals surface area contributed by atoms with Crippen molar-refractivity contribution in [3.8, 4) is 11.5 Å². The molecule has 0 spiro atoms. The third kappa shape index (κ3) is 6.88. The highest BCUT2D eigenvalue weighted by atomic mass is 19.4. The molecule has 0 aromatic heterocycles. The molecule has 1 heterocycles. The Kier molecular flexibility index (Phi) is 7.34. The fourth-order valence-corrected chi connectivity index (χ4v) is 3.04. The van der Waals surface area contributed by atoms with E-state index >= 15 is 0 Å². The van der Waals surface area contributed by atoms with Crippen LogP contribution in [0, 0.1) is 5.92 Å². The summed E-state index contributed by atoms with van der Waals surface area (Å²) in [5.41, 5.74) is 1.95. The summed E-state index contributed by atoms with van der Waals surface area (Å²) in [7, 11) is 1.59. The largest absolute Gasteiger partial charge is 0.493 e. The van der Waals surface area contributed by atoms with Crippen LogP contribution in [0.25, 0.3) is 0 Å². The lowest BCUT2D eigenvalue weighted by atomic mass is 10.1. The number of halogens is 3. The van der Waals surface area contributed by atoms with Crippen LogP contribution < -0.4 is 14.8 Å². The van der Waals surface area contributed by atoms with Gasteiger partial charge < -0.3 is 14.8 Å². The van der Waals surface area contributed by atoms with E-state index in [-0.39, 0.29) is 5.92 Å². The number of rotatable bonds is 9. The van der Waals surface area contributed by atoms with E-state index in [1.54, 1.807) is 7.11 Å². The van der Waals surface area contributed by atoms with Gasteiger partial charge in [-0.1, -0.05) is 12.6 Å². The second-order valence-corrected chi connectivity index (χ2v) is 6.87. The molecule has 1 aromatic carbocycles. The molecule has 1 aliphatic rings. The van der Waals surface area contributed by atoms with Gasteiger partial charge in [-0.05, 0) is 55.6 Å². The summed E-state index contributed by atoms with van der Waals surface area (Å²) in [4.78, 5) is 1.48. The standard InChI is InChI=1S/C19H27F3N2O2/c1-14(2)12-26-18-8-15(4-5-17(18)25-3)9-23-10-16-6-7-24(11-16)13-19(20,21)22/h4-5,8,16,23H,1,6-7,9-13H2,2-3H3. The second-order valence-electron chi connectivity index (χ2n) is 6.87. The number of benzene rings is 1. The van der Waals surface area contributed by atoms with Crippen molar-refractivity contribution >= 4 is 0 Å². The molecule has 1 unspecified atom stereocenters. The van der Waals surface area contributed by atoms with Gasteiger partial charge in [-0.2, -0.15) is 13.2 Å². The van der Waals surface area contributed by atoms with E-state index in [9.17, 15) is 13.2 Å². The highest BCUT2D eigenvalue weighted by molar-refractivity contribution is 5.43. The Balaban J connectivity index is 1.80. The van der Waals surface area contributed by atoms with Crippen LogP contribution in [-0.2, 0) is 6.54 Å². The van der Waals surface area contributed by atoms with Gasteiger partial charge in [-0.3, -0.25) is 4.90 Å². The zero-order valence-electron chi connectivity index (χ0n) is 15.4. The Hall–Kier alpha value is -1.73. The van der Waals surface area contributed by atoms with Gasteiger partial charge in [0, 0.05) is 13.1 Å². The predicted octanol–water partition coefficient (Wildman–Crippen LogP) is 3.62. The summed E-state index contributed by atoms with van der Waals surface area (Å²) in [6.07, 6.45) is -3.33. The van der Waals surface area contributed by atoms with Gasteiger partial charge in [-0.25, -0.2) is 0 Å². The monoisotopic (exact) mass is 372 g/mol. The van der Waals surface area contributed by atoms with E-state index in [4.69, 9.17) is 9.47 Å². The van der Waals surface area contributed by atoms with E-state index < -0.39 is 12.7 Å². The Bertz CT molecular complexity index is 605. The molecule has 1 saturated heterocycles. The van der Waals surface area contributed by atoms with Crippen LogP contribution in [0.4, 0.5) is 13.2 Å². The van der Waals surface area contributed by atoms with E-state index in [1.165, 1.54) is 4.90 Å². The molecule has 2 rings (SSSR count). The average molecular weight is 372 g/mol. The van der Waals surface area contributed by atoms with E-state index in [0.29, 0.717) is 44.3 Å². The third-order valence-electron chi connectivity index (χ3n) is 4.24. The van der Waals surface area contributed by atoms with Crippen molar-refractivity contribution in [1.29, 1.82) is 0 Å². The molecule has 1 fully saturated rings. The van der Waals surface area contributed by atoms with Crippen LogP contribution in [0.15, 0.2) is 30.4 Å². The summed E-state index contributed by atoms with van der Waals surface area (Å²) in [5.74, 6) is 1.57. The lowest BCUT2D eigenvalue weighted by molar-refractivity contribution is -0.143. The maximum Gasteiger partial charge on any atom is 0.401 e.